The number of nitrogens with zero attached hydrogens (tertiary/aromatic N) is 3. The Bertz CT molecular complexity index is 848. The van der Waals surface area contributed by atoms with Gasteiger partial charge in [-0.3, -0.25) is 14.5 Å². The number of amides is 2. The number of hydrogen-bond donors (Lipinski definition) is 1. The fourth-order valence-corrected chi connectivity index (χ4v) is 4.17. The van der Waals surface area contributed by atoms with E-state index in [1.807, 2.05) is 18.7 Å². The third-order valence-corrected chi connectivity index (χ3v) is 5.98. The quantitative estimate of drug-likeness (QED) is 0.722. The molecule has 7 nitrogen and oxygen atoms in total. The summed E-state index contributed by atoms with van der Waals surface area (Å²) in [6, 6.07) is 7.14. The van der Waals surface area contributed by atoms with Gasteiger partial charge in [0.25, 0.3) is 5.91 Å². The van der Waals surface area contributed by atoms with Crippen molar-refractivity contribution in [2.75, 3.05) is 39.3 Å². The molecule has 1 aromatic heterocycles. The van der Waals surface area contributed by atoms with Crippen LogP contribution in [0.25, 0.3) is 0 Å². The normalized spacial score (nSPS) is 14.7. The van der Waals surface area contributed by atoms with E-state index in [1.54, 1.807) is 24.3 Å². The highest BCUT2D eigenvalue weighted by atomic mass is 35.5. The van der Waals surface area contributed by atoms with Crippen LogP contribution in [0.1, 0.15) is 27.3 Å². The molecule has 1 fully saturated rings. The van der Waals surface area contributed by atoms with Crippen LogP contribution in [0.2, 0.25) is 5.02 Å². The van der Waals surface area contributed by atoms with Gasteiger partial charge in [0.05, 0.1) is 12.2 Å². The molecule has 1 saturated heterocycles. The maximum atomic E-state index is 12.9. The lowest BCUT2D eigenvalue weighted by atomic mass is 10.2. The van der Waals surface area contributed by atoms with Crippen LogP contribution in [0.15, 0.2) is 24.3 Å². The highest BCUT2D eigenvalue weighted by Gasteiger charge is 2.26. The summed E-state index contributed by atoms with van der Waals surface area (Å²) < 4.78 is 5.73. The number of carbonyl (C=O) groups excluding carboxylic acids is 2. The van der Waals surface area contributed by atoms with Gasteiger partial charge in [-0.25, -0.2) is 4.98 Å². The minimum atomic E-state index is -0.00426. The molecule has 1 aliphatic rings. The first kappa shape index (κ1) is 21.5. The maximum absolute atomic E-state index is 12.9. The van der Waals surface area contributed by atoms with Crippen LogP contribution in [-0.4, -0.2) is 65.9 Å². The molecule has 0 bridgehead atoms. The molecule has 2 aromatic rings. The third-order valence-electron chi connectivity index (χ3n) is 4.61. The number of rotatable bonds is 7. The molecule has 1 aliphatic heterocycles. The highest BCUT2D eigenvalue weighted by Crippen LogP contribution is 2.23. The maximum Gasteiger partial charge on any atom is 0.265 e. The van der Waals surface area contributed by atoms with Crippen LogP contribution in [0, 0.1) is 6.92 Å². The van der Waals surface area contributed by atoms with Crippen LogP contribution < -0.4 is 10.1 Å². The first-order valence-electron chi connectivity index (χ1n) is 9.59. The van der Waals surface area contributed by atoms with E-state index in [2.05, 4.69) is 15.2 Å². The predicted octanol–water partition coefficient (Wildman–Crippen LogP) is 2.58. The average molecular weight is 437 g/mol. The molecule has 0 atom stereocenters. The van der Waals surface area contributed by atoms with E-state index in [0.29, 0.717) is 61.5 Å². The van der Waals surface area contributed by atoms with E-state index in [4.69, 9.17) is 16.3 Å². The summed E-state index contributed by atoms with van der Waals surface area (Å²) in [6.45, 7) is 7.65. The molecule has 2 heterocycles. The summed E-state index contributed by atoms with van der Waals surface area (Å²) in [5, 5.41) is 4.22. The standard InChI is InChI=1S/C20H25ClN4O3S/c1-3-22-17(26)12-24-8-10-25(11-9-24)20(27)19-14(2)23-18(29-19)13-28-16-6-4-15(21)5-7-16/h4-7H,3,8-13H2,1-2H3,(H,22,26). The van der Waals surface area contributed by atoms with Gasteiger partial charge in [-0.15, -0.1) is 11.3 Å². The number of hydrogen-bond acceptors (Lipinski definition) is 6. The first-order valence-corrected chi connectivity index (χ1v) is 10.8. The zero-order chi connectivity index (χ0) is 20.8. The lowest BCUT2D eigenvalue weighted by molar-refractivity contribution is -0.122. The summed E-state index contributed by atoms with van der Waals surface area (Å²) in [6.07, 6.45) is 0. The Morgan fingerprint density at radius 2 is 1.90 bits per heavy atom. The summed E-state index contributed by atoms with van der Waals surface area (Å²) in [5.41, 5.74) is 0.722. The predicted molar refractivity (Wildman–Crippen MR) is 114 cm³/mol. The lowest BCUT2D eigenvalue weighted by Gasteiger charge is -2.34. The van der Waals surface area contributed by atoms with Crippen LogP contribution in [0.3, 0.4) is 0 Å². The van der Waals surface area contributed by atoms with Gasteiger partial charge in [0.15, 0.2) is 0 Å². The molecule has 0 unspecified atom stereocenters. The van der Waals surface area contributed by atoms with Gasteiger partial charge >= 0.3 is 0 Å². The van der Waals surface area contributed by atoms with Gasteiger partial charge in [-0.05, 0) is 38.1 Å². The van der Waals surface area contributed by atoms with Gasteiger partial charge < -0.3 is 15.0 Å². The van der Waals surface area contributed by atoms with Crippen molar-refractivity contribution in [3.05, 3.63) is 44.9 Å². The number of benzene rings is 1. The number of halogens is 1. The Kier molecular flexibility index (Phi) is 7.46. The summed E-state index contributed by atoms with van der Waals surface area (Å²) >= 11 is 7.25. The summed E-state index contributed by atoms with van der Waals surface area (Å²) in [5.74, 6) is 0.727. The molecular formula is C20H25ClN4O3S. The van der Waals surface area contributed by atoms with E-state index < -0.39 is 0 Å². The number of thiazole rings is 1. The molecule has 2 amide bonds. The third kappa shape index (κ3) is 5.91. The van der Waals surface area contributed by atoms with E-state index in [1.165, 1.54) is 11.3 Å². The van der Waals surface area contributed by atoms with Crippen molar-refractivity contribution >= 4 is 34.8 Å². The Balaban J connectivity index is 1.53. The van der Waals surface area contributed by atoms with E-state index in [0.717, 1.165) is 10.7 Å². The summed E-state index contributed by atoms with van der Waals surface area (Å²) in [7, 11) is 0. The van der Waals surface area contributed by atoms with Crippen molar-refractivity contribution < 1.29 is 14.3 Å². The van der Waals surface area contributed by atoms with Crippen LogP contribution in [-0.2, 0) is 11.4 Å². The van der Waals surface area contributed by atoms with Crippen molar-refractivity contribution in [2.45, 2.75) is 20.5 Å². The van der Waals surface area contributed by atoms with Gasteiger partial charge in [0.1, 0.15) is 22.2 Å². The fourth-order valence-electron chi connectivity index (χ4n) is 3.10. The second-order valence-electron chi connectivity index (χ2n) is 6.79. The molecule has 29 heavy (non-hydrogen) atoms. The smallest absolute Gasteiger partial charge is 0.265 e. The van der Waals surface area contributed by atoms with E-state index >= 15 is 0 Å². The average Bonchev–Trinajstić information content (AvgIpc) is 3.08. The van der Waals surface area contributed by atoms with Crippen LogP contribution in [0.4, 0.5) is 0 Å². The summed E-state index contributed by atoms with van der Waals surface area (Å²) in [4.78, 5) is 33.7. The second kappa shape index (κ2) is 10.0. The molecule has 0 saturated carbocycles. The van der Waals surface area contributed by atoms with Crippen molar-refractivity contribution in [3.63, 3.8) is 0 Å². The van der Waals surface area contributed by atoms with Crippen LogP contribution in [0.5, 0.6) is 5.75 Å². The Labute approximate surface area is 179 Å². The van der Waals surface area contributed by atoms with Crippen molar-refractivity contribution in [1.29, 1.82) is 0 Å². The van der Waals surface area contributed by atoms with E-state index in [9.17, 15) is 9.59 Å². The Morgan fingerprint density at radius 3 is 2.55 bits per heavy atom. The zero-order valence-electron chi connectivity index (χ0n) is 16.6. The second-order valence-corrected chi connectivity index (χ2v) is 8.31. The molecule has 9 heteroatoms. The molecule has 1 aromatic carbocycles. The number of carbonyl (C=O) groups is 2. The van der Waals surface area contributed by atoms with Crippen molar-refractivity contribution in [1.82, 2.24) is 20.1 Å². The van der Waals surface area contributed by atoms with Gasteiger partial charge in [0, 0.05) is 37.7 Å². The SMILES string of the molecule is CCNC(=O)CN1CCN(C(=O)c2sc(COc3ccc(Cl)cc3)nc2C)CC1. The van der Waals surface area contributed by atoms with Crippen molar-refractivity contribution in [3.8, 4) is 5.75 Å². The minimum Gasteiger partial charge on any atom is -0.486 e. The zero-order valence-corrected chi connectivity index (χ0v) is 18.2. The Morgan fingerprint density at radius 1 is 1.21 bits per heavy atom. The Hall–Kier alpha value is -2.16. The molecule has 1 N–H and O–H groups in total. The molecule has 0 aliphatic carbocycles. The fraction of sp³-hybridized carbons (Fsp3) is 0.450. The van der Waals surface area contributed by atoms with Crippen LogP contribution >= 0.6 is 22.9 Å². The molecular weight excluding hydrogens is 412 g/mol. The minimum absolute atomic E-state index is 0.00426. The molecule has 0 radical (unpaired) electrons. The first-order chi connectivity index (χ1) is 14.0. The number of nitrogens with one attached hydrogen (secondary N) is 1. The molecule has 3 rings (SSSR count). The topological polar surface area (TPSA) is 74.8 Å². The number of aromatic nitrogens is 1. The largest absolute Gasteiger partial charge is 0.486 e. The number of ether oxygens (including phenoxy) is 1. The number of likely N-dealkylation sites (N-methyl/N-ethyl adjacent to an activating group) is 1. The monoisotopic (exact) mass is 436 g/mol. The molecule has 0 spiro atoms. The highest BCUT2D eigenvalue weighted by molar-refractivity contribution is 7.13. The van der Waals surface area contributed by atoms with E-state index in [-0.39, 0.29) is 11.8 Å². The molecule has 156 valence electrons. The lowest BCUT2D eigenvalue weighted by Crippen LogP contribution is -2.51. The number of aryl methyl sites for hydroxylation is 1. The van der Waals surface area contributed by atoms with Gasteiger partial charge in [-0.2, -0.15) is 0 Å². The van der Waals surface area contributed by atoms with Gasteiger partial charge in [0.2, 0.25) is 5.91 Å². The van der Waals surface area contributed by atoms with Crippen molar-refractivity contribution in [2.24, 2.45) is 0 Å². The van der Waals surface area contributed by atoms with Gasteiger partial charge in [-0.1, -0.05) is 11.6 Å². The number of piperazine rings is 1.